The molecular formula is C14H17N3O2. The van der Waals surface area contributed by atoms with Gasteiger partial charge in [0.25, 0.3) is 0 Å². The average Bonchev–Trinajstić information content (AvgIpc) is 2.94. The molecule has 0 aliphatic carbocycles. The van der Waals surface area contributed by atoms with E-state index in [1.807, 2.05) is 24.4 Å². The van der Waals surface area contributed by atoms with Gasteiger partial charge in [0.15, 0.2) is 0 Å². The van der Waals surface area contributed by atoms with Crippen LogP contribution in [0.2, 0.25) is 0 Å². The Morgan fingerprint density at radius 2 is 2.16 bits per heavy atom. The molecule has 1 atom stereocenters. The Balaban J connectivity index is 2.03. The van der Waals surface area contributed by atoms with Crippen LogP contribution in [-0.4, -0.2) is 43.4 Å². The Kier molecular flexibility index (Phi) is 3.21. The van der Waals surface area contributed by atoms with Gasteiger partial charge in [-0.3, -0.25) is 4.98 Å². The Bertz CT molecular complexity index is 588. The second-order valence-corrected chi connectivity index (χ2v) is 4.64. The van der Waals surface area contributed by atoms with Gasteiger partial charge >= 0.3 is 0 Å². The number of nitrogens with zero attached hydrogens (tertiary/aromatic N) is 3. The minimum Gasteiger partial charge on any atom is -0.481 e. The number of hydrogen-bond donors (Lipinski definition) is 0. The summed E-state index contributed by atoms with van der Waals surface area (Å²) in [6.07, 6.45) is 3.17. The second kappa shape index (κ2) is 5.01. The van der Waals surface area contributed by atoms with Gasteiger partial charge < -0.3 is 14.4 Å². The number of fused-ring (bicyclic) bond motifs is 1. The molecule has 2 aromatic rings. The van der Waals surface area contributed by atoms with Crippen LogP contribution in [0.15, 0.2) is 24.4 Å². The van der Waals surface area contributed by atoms with Crippen molar-refractivity contribution in [3.63, 3.8) is 0 Å². The molecule has 5 heteroatoms. The number of hydrogen-bond acceptors (Lipinski definition) is 5. The Morgan fingerprint density at radius 3 is 2.89 bits per heavy atom. The lowest BCUT2D eigenvalue weighted by Crippen LogP contribution is -2.22. The van der Waals surface area contributed by atoms with Gasteiger partial charge in [-0.2, -0.15) is 0 Å². The van der Waals surface area contributed by atoms with E-state index in [1.54, 1.807) is 14.2 Å². The summed E-state index contributed by atoms with van der Waals surface area (Å²) >= 11 is 0. The summed E-state index contributed by atoms with van der Waals surface area (Å²) in [5.41, 5.74) is 2.88. The molecule has 1 unspecified atom stereocenters. The summed E-state index contributed by atoms with van der Waals surface area (Å²) in [7, 11) is 3.39. The van der Waals surface area contributed by atoms with Crippen molar-refractivity contribution in [1.29, 1.82) is 0 Å². The van der Waals surface area contributed by atoms with Crippen LogP contribution in [-0.2, 0) is 4.74 Å². The third kappa shape index (κ3) is 2.21. The number of anilines is 1. The maximum atomic E-state index is 5.42. The van der Waals surface area contributed by atoms with E-state index in [-0.39, 0.29) is 0 Å². The van der Waals surface area contributed by atoms with Crippen LogP contribution in [0, 0.1) is 0 Å². The SMILES string of the molecule is COc1ccc2nccc(N3CCC(OC)C3)c2n1. The monoisotopic (exact) mass is 259 g/mol. The number of aromatic nitrogens is 2. The van der Waals surface area contributed by atoms with Gasteiger partial charge in [0.2, 0.25) is 5.88 Å². The highest BCUT2D eigenvalue weighted by Gasteiger charge is 2.24. The quantitative estimate of drug-likeness (QED) is 0.842. The van der Waals surface area contributed by atoms with Crippen molar-refractivity contribution in [3.8, 4) is 5.88 Å². The van der Waals surface area contributed by atoms with Gasteiger partial charge in [-0.05, 0) is 18.6 Å². The minimum absolute atomic E-state index is 0.300. The molecule has 1 fully saturated rings. The number of ether oxygens (including phenoxy) is 2. The van der Waals surface area contributed by atoms with Crippen molar-refractivity contribution >= 4 is 16.7 Å². The summed E-state index contributed by atoms with van der Waals surface area (Å²) < 4.78 is 10.6. The van der Waals surface area contributed by atoms with E-state index in [9.17, 15) is 0 Å². The molecule has 2 aromatic heterocycles. The lowest BCUT2D eigenvalue weighted by Gasteiger charge is -2.19. The molecule has 0 N–H and O–H groups in total. The van der Waals surface area contributed by atoms with E-state index in [4.69, 9.17) is 9.47 Å². The molecule has 100 valence electrons. The van der Waals surface area contributed by atoms with Crippen molar-refractivity contribution in [3.05, 3.63) is 24.4 Å². The zero-order valence-corrected chi connectivity index (χ0v) is 11.2. The highest BCUT2D eigenvalue weighted by molar-refractivity contribution is 5.88. The highest BCUT2D eigenvalue weighted by Crippen LogP contribution is 2.28. The molecule has 0 bridgehead atoms. The van der Waals surface area contributed by atoms with Gasteiger partial charge in [0.05, 0.1) is 24.4 Å². The smallest absolute Gasteiger partial charge is 0.213 e. The summed E-state index contributed by atoms with van der Waals surface area (Å²) in [5, 5.41) is 0. The zero-order valence-electron chi connectivity index (χ0n) is 11.2. The van der Waals surface area contributed by atoms with Gasteiger partial charge in [-0.1, -0.05) is 0 Å². The first-order chi connectivity index (χ1) is 9.31. The third-order valence-corrected chi connectivity index (χ3v) is 3.57. The van der Waals surface area contributed by atoms with Gasteiger partial charge in [0, 0.05) is 32.5 Å². The molecule has 0 spiro atoms. The first-order valence-corrected chi connectivity index (χ1v) is 6.39. The predicted octanol–water partition coefficient (Wildman–Crippen LogP) is 1.86. The van der Waals surface area contributed by atoms with Crippen LogP contribution < -0.4 is 9.64 Å². The van der Waals surface area contributed by atoms with Crippen molar-refractivity contribution in [1.82, 2.24) is 9.97 Å². The summed E-state index contributed by atoms with van der Waals surface area (Å²) in [5.74, 6) is 0.615. The molecule has 1 aliphatic rings. The summed E-state index contributed by atoms with van der Waals surface area (Å²) in [6.45, 7) is 1.88. The lowest BCUT2D eigenvalue weighted by molar-refractivity contribution is 0.121. The summed E-state index contributed by atoms with van der Waals surface area (Å²) in [4.78, 5) is 11.2. The fourth-order valence-electron chi connectivity index (χ4n) is 2.50. The van der Waals surface area contributed by atoms with Crippen molar-refractivity contribution in [2.24, 2.45) is 0 Å². The molecule has 0 aromatic carbocycles. The topological polar surface area (TPSA) is 47.5 Å². The normalized spacial score (nSPS) is 19.1. The number of methoxy groups -OCH3 is 2. The standard InChI is InChI=1S/C14H17N3O2/c1-18-10-6-8-17(9-10)12-5-7-15-11-3-4-13(19-2)16-14(11)12/h3-5,7,10H,6,8-9H2,1-2H3. The van der Waals surface area contributed by atoms with Crippen molar-refractivity contribution < 1.29 is 9.47 Å². The van der Waals surface area contributed by atoms with Crippen molar-refractivity contribution in [2.75, 3.05) is 32.2 Å². The largest absolute Gasteiger partial charge is 0.481 e. The fraction of sp³-hybridized carbons (Fsp3) is 0.429. The van der Waals surface area contributed by atoms with Crippen LogP contribution >= 0.6 is 0 Å². The van der Waals surface area contributed by atoms with Crippen LogP contribution in [0.25, 0.3) is 11.0 Å². The van der Waals surface area contributed by atoms with Crippen LogP contribution in [0.5, 0.6) is 5.88 Å². The van der Waals surface area contributed by atoms with E-state index in [0.29, 0.717) is 12.0 Å². The molecule has 3 rings (SSSR count). The maximum Gasteiger partial charge on any atom is 0.213 e. The number of pyridine rings is 2. The molecule has 5 nitrogen and oxygen atoms in total. The minimum atomic E-state index is 0.300. The lowest BCUT2D eigenvalue weighted by atomic mass is 10.2. The average molecular weight is 259 g/mol. The van der Waals surface area contributed by atoms with Crippen molar-refractivity contribution in [2.45, 2.75) is 12.5 Å². The highest BCUT2D eigenvalue weighted by atomic mass is 16.5. The Hall–Kier alpha value is -1.88. The molecule has 1 saturated heterocycles. The molecule has 1 aliphatic heterocycles. The van der Waals surface area contributed by atoms with E-state index in [2.05, 4.69) is 14.9 Å². The maximum absolute atomic E-state index is 5.42. The molecule has 0 radical (unpaired) electrons. The molecule has 0 amide bonds. The first kappa shape index (κ1) is 12.2. The second-order valence-electron chi connectivity index (χ2n) is 4.64. The third-order valence-electron chi connectivity index (χ3n) is 3.57. The Morgan fingerprint density at radius 1 is 1.26 bits per heavy atom. The number of rotatable bonds is 3. The molecule has 0 saturated carbocycles. The fourth-order valence-corrected chi connectivity index (χ4v) is 2.50. The van der Waals surface area contributed by atoms with E-state index < -0.39 is 0 Å². The molecular weight excluding hydrogens is 242 g/mol. The first-order valence-electron chi connectivity index (χ1n) is 6.39. The molecule has 3 heterocycles. The van der Waals surface area contributed by atoms with Gasteiger partial charge in [-0.25, -0.2) is 4.98 Å². The Labute approximate surface area is 112 Å². The van der Waals surface area contributed by atoms with E-state index >= 15 is 0 Å². The summed E-state index contributed by atoms with van der Waals surface area (Å²) in [6, 6.07) is 5.78. The zero-order chi connectivity index (χ0) is 13.2. The van der Waals surface area contributed by atoms with E-state index in [0.717, 1.165) is 36.2 Å². The van der Waals surface area contributed by atoms with Gasteiger partial charge in [-0.15, -0.1) is 0 Å². The van der Waals surface area contributed by atoms with Gasteiger partial charge in [0.1, 0.15) is 5.52 Å². The predicted molar refractivity (Wildman–Crippen MR) is 73.7 cm³/mol. The molecule has 19 heavy (non-hydrogen) atoms. The van der Waals surface area contributed by atoms with Crippen LogP contribution in [0.1, 0.15) is 6.42 Å². The van der Waals surface area contributed by atoms with Crippen LogP contribution in [0.3, 0.4) is 0 Å². The van der Waals surface area contributed by atoms with Crippen LogP contribution in [0.4, 0.5) is 5.69 Å². The van der Waals surface area contributed by atoms with E-state index in [1.165, 1.54) is 0 Å².